The van der Waals surface area contributed by atoms with Crippen LogP contribution >= 0.6 is 22.7 Å². The Morgan fingerprint density at radius 2 is 2.05 bits per heavy atom. The minimum Gasteiger partial charge on any atom is -0.350 e. The standard InChI is InChI=1S/C17H16N2OS2/c1-12(13-5-3-2-4-6-13)9-18-16(20)15-11-22-17(19-15)14-7-8-21-10-14/h2-8,10-12H,9H2,1H3,(H,18,20)/t12-/m0/s1. The highest BCUT2D eigenvalue weighted by Crippen LogP contribution is 2.25. The maximum absolute atomic E-state index is 12.2. The third-order valence-corrected chi connectivity index (χ3v) is 5.02. The molecule has 1 amide bonds. The Bertz CT molecular complexity index is 735. The van der Waals surface area contributed by atoms with Crippen LogP contribution < -0.4 is 5.32 Å². The Morgan fingerprint density at radius 3 is 2.77 bits per heavy atom. The molecule has 2 aromatic heterocycles. The van der Waals surface area contributed by atoms with Crippen LogP contribution in [-0.4, -0.2) is 17.4 Å². The smallest absolute Gasteiger partial charge is 0.270 e. The lowest BCUT2D eigenvalue weighted by molar-refractivity contribution is 0.0947. The molecule has 0 fully saturated rings. The lowest BCUT2D eigenvalue weighted by Crippen LogP contribution is -2.27. The fraction of sp³-hybridized carbons (Fsp3) is 0.176. The summed E-state index contributed by atoms with van der Waals surface area (Å²) >= 11 is 3.13. The van der Waals surface area contributed by atoms with E-state index in [4.69, 9.17) is 0 Å². The van der Waals surface area contributed by atoms with Crippen LogP contribution in [0.15, 0.2) is 52.5 Å². The zero-order valence-corrected chi connectivity index (χ0v) is 13.8. The van der Waals surface area contributed by atoms with Gasteiger partial charge in [-0.25, -0.2) is 4.98 Å². The van der Waals surface area contributed by atoms with Crippen LogP contribution in [0, 0.1) is 0 Å². The number of nitrogens with one attached hydrogen (secondary N) is 1. The van der Waals surface area contributed by atoms with Gasteiger partial charge >= 0.3 is 0 Å². The van der Waals surface area contributed by atoms with Gasteiger partial charge in [-0.3, -0.25) is 4.79 Å². The fourth-order valence-electron chi connectivity index (χ4n) is 2.13. The molecule has 3 rings (SSSR count). The quantitative estimate of drug-likeness (QED) is 0.754. The number of aromatic nitrogens is 1. The van der Waals surface area contributed by atoms with E-state index in [0.717, 1.165) is 10.6 Å². The number of rotatable bonds is 5. The van der Waals surface area contributed by atoms with Crippen molar-refractivity contribution < 1.29 is 4.79 Å². The van der Waals surface area contributed by atoms with Crippen molar-refractivity contribution in [1.82, 2.24) is 10.3 Å². The van der Waals surface area contributed by atoms with Crippen molar-refractivity contribution in [2.24, 2.45) is 0 Å². The minimum atomic E-state index is -0.111. The first-order valence-corrected chi connectivity index (χ1v) is 8.87. The van der Waals surface area contributed by atoms with E-state index in [1.807, 2.05) is 40.4 Å². The summed E-state index contributed by atoms with van der Waals surface area (Å²) in [6.45, 7) is 2.71. The topological polar surface area (TPSA) is 42.0 Å². The highest BCUT2D eigenvalue weighted by atomic mass is 32.1. The third kappa shape index (κ3) is 3.43. The molecule has 0 unspecified atom stereocenters. The second kappa shape index (κ2) is 6.85. The fourth-order valence-corrected chi connectivity index (χ4v) is 3.64. The molecular formula is C17H16N2OS2. The Hall–Kier alpha value is -1.98. The minimum absolute atomic E-state index is 0.111. The summed E-state index contributed by atoms with van der Waals surface area (Å²) in [5, 5.41) is 9.72. The number of amides is 1. The van der Waals surface area contributed by atoms with Crippen LogP contribution in [0.3, 0.4) is 0 Å². The summed E-state index contributed by atoms with van der Waals surface area (Å²) in [4.78, 5) is 16.6. The first-order valence-electron chi connectivity index (χ1n) is 7.05. The lowest BCUT2D eigenvalue weighted by atomic mass is 10.0. The molecule has 2 heterocycles. The molecule has 3 nitrogen and oxygen atoms in total. The monoisotopic (exact) mass is 328 g/mol. The van der Waals surface area contributed by atoms with Gasteiger partial charge in [0.1, 0.15) is 10.7 Å². The van der Waals surface area contributed by atoms with Gasteiger partial charge in [0.25, 0.3) is 5.91 Å². The first-order chi connectivity index (χ1) is 10.7. The average molecular weight is 328 g/mol. The second-order valence-corrected chi connectivity index (χ2v) is 6.71. The molecule has 0 aliphatic heterocycles. The van der Waals surface area contributed by atoms with Crippen molar-refractivity contribution in [2.45, 2.75) is 12.8 Å². The average Bonchev–Trinajstić information content (AvgIpc) is 3.23. The molecule has 0 aliphatic carbocycles. The predicted octanol–water partition coefficient (Wildman–Crippen LogP) is 4.41. The largest absolute Gasteiger partial charge is 0.350 e. The zero-order valence-electron chi connectivity index (χ0n) is 12.2. The highest BCUT2D eigenvalue weighted by molar-refractivity contribution is 7.14. The normalized spacial score (nSPS) is 12.0. The number of carbonyl (C=O) groups is 1. The van der Waals surface area contributed by atoms with E-state index in [-0.39, 0.29) is 11.8 Å². The molecule has 22 heavy (non-hydrogen) atoms. The van der Waals surface area contributed by atoms with Gasteiger partial charge in [0.15, 0.2) is 0 Å². The summed E-state index contributed by atoms with van der Waals surface area (Å²) in [5.41, 5.74) is 2.79. The second-order valence-electron chi connectivity index (χ2n) is 5.07. The van der Waals surface area contributed by atoms with Crippen molar-refractivity contribution in [1.29, 1.82) is 0 Å². The molecule has 1 aromatic carbocycles. The van der Waals surface area contributed by atoms with Gasteiger partial charge in [-0.05, 0) is 22.9 Å². The number of thiazole rings is 1. The molecule has 3 aromatic rings. The van der Waals surface area contributed by atoms with E-state index in [1.54, 1.807) is 11.3 Å². The Morgan fingerprint density at radius 1 is 1.23 bits per heavy atom. The van der Waals surface area contributed by atoms with Crippen LogP contribution in [0.1, 0.15) is 28.9 Å². The summed E-state index contributed by atoms with van der Waals surface area (Å²) in [7, 11) is 0. The molecule has 0 aliphatic rings. The third-order valence-electron chi connectivity index (χ3n) is 3.44. The van der Waals surface area contributed by atoms with Crippen LogP contribution in [-0.2, 0) is 0 Å². The van der Waals surface area contributed by atoms with E-state index in [1.165, 1.54) is 16.9 Å². The van der Waals surface area contributed by atoms with E-state index in [9.17, 15) is 4.79 Å². The Balaban J connectivity index is 1.61. The summed E-state index contributed by atoms with van der Waals surface area (Å²) < 4.78 is 0. The number of benzene rings is 1. The van der Waals surface area contributed by atoms with Crippen LogP contribution in [0.25, 0.3) is 10.6 Å². The molecule has 0 bridgehead atoms. The van der Waals surface area contributed by atoms with E-state index in [0.29, 0.717) is 12.2 Å². The number of hydrogen-bond acceptors (Lipinski definition) is 4. The maximum Gasteiger partial charge on any atom is 0.270 e. The molecule has 1 N–H and O–H groups in total. The SMILES string of the molecule is C[C@@H](CNC(=O)c1csc(-c2ccsc2)n1)c1ccccc1. The first kappa shape index (κ1) is 14.9. The van der Waals surface area contributed by atoms with Gasteiger partial charge < -0.3 is 5.32 Å². The zero-order chi connectivity index (χ0) is 15.4. The van der Waals surface area contributed by atoms with Gasteiger partial charge in [-0.2, -0.15) is 11.3 Å². The summed E-state index contributed by atoms with van der Waals surface area (Å²) in [6.07, 6.45) is 0. The van der Waals surface area contributed by atoms with Gasteiger partial charge in [0.2, 0.25) is 0 Å². The number of carbonyl (C=O) groups excluding carboxylic acids is 1. The van der Waals surface area contributed by atoms with Gasteiger partial charge in [-0.15, -0.1) is 11.3 Å². The number of nitrogens with zero attached hydrogens (tertiary/aromatic N) is 1. The van der Waals surface area contributed by atoms with Crippen LogP contribution in [0.2, 0.25) is 0 Å². The molecule has 0 radical (unpaired) electrons. The van der Waals surface area contributed by atoms with E-state index >= 15 is 0 Å². The molecule has 112 valence electrons. The molecular weight excluding hydrogens is 312 g/mol. The highest BCUT2D eigenvalue weighted by Gasteiger charge is 2.13. The van der Waals surface area contributed by atoms with Crippen molar-refractivity contribution in [3.05, 3.63) is 63.8 Å². The Labute approximate surface area is 137 Å². The van der Waals surface area contributed by atoms with E-state index in [2.05, 4.69) is 29.4 Å². The summed E-state index contributed by atoms with van der Waals surface area (Å²) in [6, 6.07) is 12.2. The van der Waals surface area contributed by atoms with Crippen LogP contribution in [0.5, 0.6) is 0 Å². The molecule has 0 saturated heterocycles. The molecule has 1 atom stereocenters. The maximum atomic E-state index is 12.2. The molecule has 5 heteroatoms. The van der Waals surface area contributed by atoms with Gasteiger partial charge in [0, 0.05) is 22.9 Å². The van der Waals surface area contributed by atoms with Gasteiger partial charge in [-0.1, -0.05) is 37.3 Å². The van der Waals surface area contributed by atoms with Crippen molar-refractivity contribution in [2.75, 3.05) is 6.54 Å². The lowest BCUT2D eigenvalue weighted by Gasteiger charge is -2.12. The van der Waals surface area contributed by atoms with Crippen LogP contribution in [0.4, 0.5) is 0 Å². The number of thiophene rings is 1. The van der Waals surface area contributed by atoms with Crippen molar-refractivity contribution in [3.63, 3.8) is 0 Å². The molecule has 0 spiro atoms. The Kier molecular flexibility index (Phi) is 4.65. The van der Waals surface area contributed by atoms with Crippen molar-refractivity contribution >= 4 is 28.6 Å². The summed E-state index contributed by atoms with van der Waals surface area (Å²) in [5.74, 6) is 0.167. The predicted molar refractivity (Wildman–Crippen MR) is 92.6 cm³/mol. The van der Waals surface area contributed by atoms with Crippen molar-refractivity contribution in [3.8, 4) is 10.6 Å². The molecule has 0 saturated carbocycles. The van der Waals surface area contributed by atoms with Gasteiger partial charge in [0.05, 0.1) is 0 Å². The van der Waals surface area contributed by atoms with E-state index < -0.39 is 0 Å². The number of hydrogen-bond donors (Lipinski definition) is 1.